The highest BCUT2D eigenvalue weighted by Gasteiger charge is 2.38. The number of carbonyl (C=O) groups is 3. The molecule has 0 bridgehead atoms. The fourth-order valence-electron chi connectivity index (χ4n) is 4.37. The van der Waals surface area contributed by atoms with Crippen LogP contribution in [-0.4, -0.2) is 58.8 Å². The zero-order valence-corrected chi connectivity index (χ0v) is 19.4. The highest BCUT2D eigenvalue weighted by molar-refractivity contribution is 5.99. The van der Waals surface area contributed by atoms with E-state index in [0.29, 0.717) is 24.9 Å². The second-order valence-corrected chi connectivity index (χ2v) is 8.75. The molecule has 35 heavy (non-hydrogen) atoms. The second kappa shape index (κ2) is 11.1. The van der Waals surface area contributed by atoms with Gasteiger partial charge in [-0.15, -0.1) is 0 Å². The minimum atomic E-state index is -0.819. The van der Waals surface area contributed by atoms with Crippen LogP contribution in [0.3, 0.4) is 0 Å². The van der Waals surface area contributed by atoms with Gasteiger partial charge in [-0.25, -0.2) is 0 Å². The van der Waals surface area contributed by atoms with Crippen LogP contribution in [0.4, 0.5) is 5.69 Å². The average molecular weight is 475 g/mol. The number of nitrogens with zero attached hydrogens (tertiary/aromatic N) is 2. The predicted octanol–water partition coefficient (Wildman–Crippen LogP) is 1.18. The SMILES string of the molecule is NCC(=O)N1C[C@@H](N)C[C@@H]1C(=O)N[C@H](CCc1ccccc1)C(=O)Nc1cnc2ccccc2c1. The molecule has 9 heteroatoms. The molecule has 3 aromatic rings. The van der Waals surface area contributed by atoms with E-state index >= 15 is 0 Å². The fraction of sp³-hybridized carbons (Fsp3) is 0.308. The Kier molecular flexibility index (Phi) is 7.69. The van der Waals surface area contributed by atoms with Gasteiger partial charge in [0.05, 0.1) is 23.9 Å². The van der Waals surface area contributed by atoms with Gasteiger partial charge >= 0.3 is 0 Å². The minimum Gasteiger partial charge on any atom is -0.342 e. The molecule has 1 fully saturated rings. The quantitative estimate of drug-likeness (QED) is 0.386. The summed E-state index contributed by atoms with van der Waals surface area (Å²) in [4.78, 5) is 44.5. The van der Waals surface area contributed by atoms with Crippen LogP contribution in [0.2, 0.25) is 0 Å². The van der Waals surface area contributed by atoms with E-state index in [1.807, 2.05) is 60.7 Å². The number of pyridine rings is 1. The summed E-state index contributed by atoms with van der Waals surface area (Å²) in [5.41, 5.74) is 13.9. The van der Waals surface area contributed by atoms with Crippen molar-refractivity contribution in [3.63, 3.8) is 0 Å². The molecule has 0 unspecified atom stereocenters. The van der Waals surface area contributed by atoms with E-state index in [9.17, 15) is 14.4 Å². The summed E-state index contributed by atoms with van der Waals surface area (Å²) in [6.07, 6.45) is 2.88. The van der Waals surface area contributed by atoms with Gasteiger partial charge in [0, 0.05) is 18.0 Å². The second-order valence-electron chi connectivity index (χ2n) is 8.75. The number of aromatic nitrogens is 1. The first-order valence-electron chi connectivity index (χ1n) is 11.7. The lowest BCUT2D eigenvalue weighted by atomic mass is 10.0. The number of nitrogens with two attached hydrogens (primary N) is 2. The van der Waals surface area contributed by atoms with Crippen LogP contribution in [0.25, 0.3) is 10.9 Å². The van der Waals surface area contributed by atoms with Gasteiger partial charge in [-0.3, -0.25) is 19.4 Å². The van der Waals surface area contributed by atoms with Crippen molar-refractivity contribution in [1.82, 2.24) is 15.2 Å². The van der Waals surface area contributed by atoms with Crippen molar-refractivity contribution >= 4 is 34.3 Å². The van der Waals surface area contributed by atoms with Crippen molar-refractivity contribution in [2.45, 2.75) is 37.4 Å². The van der Waals surface area contributed by atoms with Crippen LogP contribution >= 0.6 is 0 Å². The number of aryl methyl sites for hydroxylation is 1. The number of nitrogens with one attached hydrogen (secondary N) is 2. The average Bonchev–Trinajstić information content (AvgIpc) is 3.28. The number of likely N-dealkylation sites (tertiary alicyclic amines) is 1. The topological polar surface area (TPSA) is 143 Å². The Bertz CT molecular complexity index is 1200. The Morgan fingerprint density at radius 3 is 2.60 bits per heavy atom. The number of benzene rings is 2. The highest BCUT2D eigenvalue weighted by atomic mass is 16.2. The maximum absolute atomic E-state index is 13.3. The Hall–Kier alpha value is -3.82. The highest BCUT2D eigenvalue weighted by Crippen LogP contribution is 2.19. The number of rotatable bonds is 8. The molecule has 2 heterocycles. The van der Waals surface area contributed by atoms with Crippen molar-refractivity contribution in [3.8, 4) is 0 Å². The Balaban J connectivity index is 1.50. The van der Waals surface area contributed by atoms with Crippen LogP contribution in [0, 0.1) is 0 Å². The van der Waals surface area contributed by atoms with Gasteiger partial charge in [-0.2, -0.15) is 0 Å². The van der Waals surface area contributed by atoms with Crippen molar-refractivity contribution in [2.24, 2.45) is 11.5 Å². The Labute approximate surface area is 203 Å². The van der Waals surface area contributed by atoms with Crippen LogP contribution in [0.5, 0.6) is 0 Å². The first-order chi connectivity index (χ1) is 16.9. The summed E-state index contributed by atoms with van der Waals surface area (Å²) in [5.74, 6) is -1.11. The van der Waals surface area contributed by atoms with E-state index in [-0.39, 0.29) is 30.9 Å². The molecule has 0 spiro atoms. The molecule has 4 rings (SSSR count). The fourth-order valence-corrected chi connectivity index (χ4v) is 4.37. The number of fused-ring (bicyclic) bond motifs is 1. The lowest BCUT2D eigenvalue weighted by molar-refractivity contribution is -0.138. The standard InChI is InChI=1S/C26H30N6O3/c27-14-24(33)32-16-19(28)13-23(32)26(35)31-22(11-10-17-6-2-1-3-7-17)25(34)30-20-12-18-8-4-5-9-21(18)29-15-20/h1-9,12,15,19,22-23H,10-11,13-14,16,27-28H2,(H,30,34)(H,31,35)/t19-,22+,23+/m0/s1. The van der Waals surface area contributed by atoms with Crippen molar-refractivity contribution in [3.05, 3.63) is 72.4 Å². The number of para-hydroxylation sites is 1. The number of anilines is 1. The van der Waals surface area contributed by atoms with Crippen molar-refractivity contribution in [1.29, 1.82) is 0 Å². The van der Waals surface area contributed by atoms with E-state index in [1.165, 1.54) is 4.90 Å². The molecular formula is C26H30N6O3. The summed E-state index contributed by atoms with van der Waals surface area (Å²) in [7, 11) is 0. The number of carbonyl (C=O) groups excluding carboxylic acids is 3. The molecule has 1 aliphatic rings. The molecule has 0 radical (unpaired) electrons. The summed E-state index contributed by atoms with van der Waals surface area (Å²) in [5, 5.41) is 6.63. The van der Waals surface area contributed by atoms with E-state index in [1.54, 1.807) is 6.20 Å². The predicted molar refractivity (Wildman–Crippen MR) is 134 cm³/mol. The maximum atomic E-state index is 13.3. The first kappa shape index (κ1) is 24.3. The minimum absolute atomic E-state index is 0.205. The van der Waals surface area contributed by atoms with Gasteiger partial charge < -0.3 is 27.0 Å². The van der Waals surface area contributed by atoms with Gasteiger partial charge in [-0.05, 0) is 37.0 Å². The van der Waals surface area contributed by atoms with Crippen LogP contribution in [0.1, 0.15) is 18.4 Å². The molecule has 1 aliphatic heterocycles. The smallest absolute Gasteiger partial charge is 0.247 e. The largest absolute Gasteiger partial charge is 0.342 e. The van der Waals surface area contributed by atoms with E-state index in [2.05, 4.69) is 15.6 Å². The summed E-state index contributed by atoms with van der Waals surface area (Å²) in [6.45, 7) is 0.0567. The zero-order valence-electron chi connectivity index (χ0n) is 19.4. The van der Waals surface area contributed by atoms with Crippen LogP contribution in [0.15, 0.2) is 66.9 Å². The van der Waals surface area contributed by atoms with Gasteiger partial charge in [0.1, 0.15) is 12.1 Å². The summed E-state index contributed by atoms with van der Waals surface area (Å²) < 4.78 is 0. The van der Waals surface area contributed by atoms with E-state index in [0.717, 1.165) is 16.5 Å². The molecule has 182 valence electrons. The number of hydrogen-bond donors (Lipinski definition) is 4. The van der Waals surface area contributed by atoms with Crippen molar-refractivity contribution in [2.75, 3.05) is 18.4 Å². The molecule has 9 nitrogen and oxygen atoms in total. The molecule has 2 aromatic carbocycles. The molecule has 3 atom stereocenters. The lowest BCUT2D eigenvalue weighted by Gasteiger charge is -2.26. The van der Waals surface area contributed by atoms with Gasteiger partial charge in [0.15, 0.2) is 0 Å². The third kappa shape index (κ3) is 6.00. The van der Waals surface area contributed by atoms with E-state index < -0.39 is 18.0 Å². The molecule has 1 aromatic heterocycles. The third-order valence-electron chi connectivity index (χ3n) is 6.19. The monoisotopic (exact) mass is 474 g/mol. The Morgan fingerprint density at radius 1 is 1.09 bits per heavy atom. The first-order valence-corrected chi connectivity index (χ1v) is 11.7. The molecular weight excluding hydrogens is 444 g/mol. The normalized spacial score (nSPS) is 18.3. The molecule has 1 saturated heterocycles. The number of hydrogen-bond acceptors (Lipinski definition) is 6. The molecule has 3 amide bonds. The van der Waals surface area contributed by atoms with Gasteiger partial charge in [0.2, 0.25) is 17.7 Å². The van der Waals surface area contributed by atoms with Crippen LogP contribution in [-0.2, 0) is 20.8 Å². The maximum Gasteiger partial charge on any atom is 0.247 e. The van der Waals surface area contributed by atoms with Crippen LogP contribution < -0.4 is 22.1 Å². The van der Waals surface area contributed by atoms with Crippen molar-refractivity contribution < 1.29 is 14.4 Å². The lowest BCUT2D eigenvalue weighted by Crippen LogP contribution is -2.52. The Morgan fingerprint density at radius 2 is 1.83 bits per heavy atom. The molecule has 0 aliphatic carbocycles. The van der Waals surface area contributed by atoms with Gasteiger partial charge in [0.25, 0.3) is 0 Å². The van der Waals surface area contributed by atoms with E-state index in [4.69, 9.17) is 11.5 Å². The van der Waals surface area contributed by atoms with Gasteiger partial charge in [-0.1, -0.05) is 48.5 Å². The molecule has 0 saturated carbocycles. The number of amides is 3. The third-order valence-corrected chi connectivity index (χ3v) is 6.19. The molecule has 6 N–H and O–H groups in total. The summed E-state index contributed by atoms with van der Waals surface area (Å²) in [6, 6.07) is 17.3. The summed E-state index contributed by atoms with van der Waals surface area (Å²) >= 11 is 0. The zero-order chi connectivity index (χ0) is 24.8.